The van der Waals surface area contributed by atoms with E-state index in [0.29, 0.717) is 0 Å². The van der Waals surface area contributed by atoms with Crippen molar-refractivity contribution in [3.05, 3.63) is 53.9 Å². The Morgan fingerprint density at radius 2 is 2.21 bits per heavy atom. The SMILES string of the molecule is CCC[C@@H]1OCCc2c(-c3cccnc3)cccc21. The largest absolute Gasteiger partial charge is 0.373 e. The van der Waals surface area contributed by atoms with Crippen LogP contribution in [0.25, 0.3) is 11.1 Å². The lowest BCUT2D eigenvalue weighted by Gasteiger charge is -2.27. The van der Waals surface area contributed by atoms with Crippen LogP contribution in [-0.4, -0.2) is 11.6 Å². The van der Waals surface area contributed by atoms with E-state index in [9.17, 15) is 0 Å². The lowest BCUT2D eigenvalue weighted by molar-refractivity contribution is 0.0362. The summed E-state index contributed by atoms with van der Waals surface area (Å²) in [4.78, 5) is 4.23. The van der Waals surface area contributed by atoms with Crippen LogP contribution in [0.15, 0.2) is 42.7 Å². The molecule has 0 saturated carbocycles. The number of benzene rings is 1. The summed E-state index contributed by atoms with van der Waals surface area (Å²) >= 11 is 0. The van der Waals surface area contributed by atoms with Crippen LogP contribution in [0.3, 0.4) is 0 Å². The number of fused-ring (bicyclic) bond motifs is 1. The van der Waals surface area contributed by atoms with Gasteiger partial charge in [0, 0.05) is 18.0 Å². The lowest BCUT2D eigenvalue weighted by Crippen LogP contribution is -2.17. The van der Waals surface area contributed by atoms with Crippen molar-refractivity contribution in [3.63, 3.8) is 0 Å². The second kappa shape index (κ2) is 5.54. The zero-order chi connectivity index (χ0) is 13.1. The number of nitrogens with zero attached hydrogens (tertiary/aromatic N) is 1. The van der Waals surface area contributed by atoms with Crippen molar-refractivity contribution in [2.45, 2.75) is 32.3 Å². The molecule has 1 atom stereocenters. The van der Waals surface area contributed by atoms with Gasteiger partial charge in [-0.25, -0.2) is 0 Å². The van der Waals surface area contributed by atoms with E-state index < -0.39 is 0 Å². The Balaban J connectivity index is 2.06. The maximum absolute atomic E-state index is 5.92. The van der Waals surface area contributed by atoms with Crippen LogP contribution in [0.5, 0.6) is 0 Å². The van der Waals surface area contributed by atoms with E-state index >= 15 is 0 Å². The summed E-state index contributed by atoms with van der Waals surface area (Å²) in [5.74, 6) is 0. The van der Waals surface area contributed by atoms with Crippen molar-refractivity contribution in [3.8, 4) is 11.1 Å². The molecule has 2 heterocycles. The molecule has 0 unspecified atom stereocenters. The minimum atomic E-state index is 0.269. The molecule has 1 aliphatic rings. The predicted molar refractivity (Wildman–Crippen MR) is 77.0 cm³/mol. The third kappa shape index (κ3) is 2.41. The van der Waals surface area contributed by atoms with Crippen molar-refractivity contribution >= 4 is 0 Å². The van der Waals surface area contributed by atoms with Crippen molar-refractivity contribution in [1.29, 1.82) is 0 Å². The number of rotatable bonds is 3. The van der Waals surface area contributed by atoms with Crippen LogP contribution in [0.4, 0.5) is 0 Å². The molecule has 2 nitrogen and oxygen atoms in total. The average molecular weight is 253 g/mol. The molecule has 0 radical (unpaired) electrons. The fraction of sp³-hybridized carbons (Fsp3) is 0.353. The third-order valence-electron chi connectivity index (χ3n) is 3.75. The Hall–Kier alpha value is -1.67. The first kappa shape index (κ1) is 12.4. The van der Waals surface area contributed by atoms with Crippen LogP contribution < -0.4 is 0 Å². The molecular formula is C17H19NO. The van der Waals surface area contributed by atoms with Crippen LogP contribution in [0.2, 0.25) is 0 Å². The Kier molecular flexibility index (Phi) is 3.60. The summed E-state index contributed by atoms with van der Waals surface area (Å²) in [6.45, 7) is 3.04. The number of aromatic nitrogens is 1. The molecule has 3 rings (SSSR count). The third-order valence-corrected chi connectivity index (χ3v) is 3.75. The molecule has 0 aliphatic carbocycles. The maximum atomic E-state index is 5.92. The summed E-state index contributed by atoms with van der Waals surface area (Å²) in [6.07, 6.45) is 7.29. The molecule has 0 amide bonds. The molecule has 1 aliphatic heterocycles. The second-order valence-electron chi connectivity index (χ2n) is 5.01. The van der Waals surface area contributed by atoms with Gasteiger partial charge in [0.1, 0.15) is 0 Å². The van der Waals surface area contributed by atoms with Gasteiger partial charge in [-0.2, -0.15) is 0 Å². The smallest absolute Gasteiger partial charge is 0.0827 e. The average Bonchev–Trinajstić information content (AvgIpc) is 2.48. The fourth-order valence-electron chi connectivity index (χ4n) is 2.87. The predicted octanol–water partition coefficient (Wildman–Crippen LogP) is 4.16. The molecule has 98 valence electrons. The molecule has 2 aromatic rings. The van der Waals surface area contributed by atoms with E-state index in [4.69, 9.17) is 4.74 Å². The van der Waals surface area contributed by atoms with Crippen LogP contribution in [0.1, 0.15) is 37.0 Å². The van der Waals surface area contributed by atoms with Crippen molar-refractivity contribution in [2.75, 3.05) is 6.61 Å². The molecular weight excluding hydrogens is 234 g/mol. The molecule has 0 N–H and O–H groups in total. The van der Waals surface area contributed by atoms with Gasteiger partial charge in [-0.1, -0.05) is 37.6 Å². The Labute approximate surface area is 114 Å². The first-order valence-corrected chi connectivity index (χ1v) is 7.04. The van der Waals surface area contributed by atoms with Gasteiger partial charge in [0.2, 0.25) is 0 Å². The summed E-state index contributed by atoms with van der Waals surface area (Å²) < 4.78 is 5.92. The Morgan fingerprint density at radius 3 is 3.00 bits per heavy atom. The van der Waals surface area contributed by atoms with Crippen LogP contribution >= 0.6 is 0 Å². The van der Waals surface area contributed by atoms with Crippen LogP contribution in [0, 0.1) is 0 Å². The van der Waals surface area contributed by atoms with Gasteiger partial charge in [0.05, 0.1) is 12.7 Å². The van der Waals surface area contributed by atoms with Gasteiger partial charge in [-0.15, -0.1) is 0 Å². The maximum Gasteiger partial charge on any atom is 0.0827 e. The molecule has 1 aromatic heterocycles. The molecule has 0 saturated heterocycles. The van der Waals surface area contributed by atoms with E-state index in [2.05, 4.69) is 36.2 Å². The highest BCUT2D eigenvalue weighted by Gasteiger charge is 2.22. The Morgan fingerprint density at radius 1 is 1.26 bits per heavy atom. The molecule has 19 heavy (non-hydrogen) atoms. The highest BCUT2D eigenvalue weighted by atomic mass is 16.5. The molecule has 0 bridgehead atoms. The van der Waals surface area contributed by atoms with E-state index in [1.165, 1.54) is 22.3 Å². The molecule has 2 heteroatoms. The van der Waals surface area contributed by atoms with Gasteiger partial charge >= 0.3 is 0 Å². The first-order chi connectivity index (χ1) is 9.40. The van der Waals surface area contributed by atoms with Gasteiger partial charge in [0.25, 0.3) is 0 Å². The number of hydrogen-bond acceptors (Lipinski definition) is 2. The zero-order valence-corrected chi connectivity index (χ0v) is 11.3. The van der Waals surface area contributed by atoms with E-state index in [1.807, 2.05) is 18.5 Å². The van der Waals surface area contributed by atoms with E-state index in [-0.39, 0.29) is 6.10 Å². The quantitative estimate of drug-likeness (QED) is 0.819. The highest BCUT2D eigenvalue weighted by molar-refractivity contribution is 5.68. The summed E-state index contributed by atoms with van der Waals surface area (Å²) in [6, 6.07) is 10.7. The van der Waals surface area contributed by atoms with Gasteiger partial charge in [0.15, 0.2) is 0 Å². The zero-order valence-electron chi connectivity index (χ0n) is 11.3. The summed E-state index contributed by atoms with van der Waals surface area (Å²) in [7, 11) is 0. The number of ether oxygens (including phenoxy) is 1. The van der Waals surface area contributed by atoms with Gasteiger partial charge in [-0.3, -0.25) is 4.98 Å². The fourth-order valence-corrected chi connectivity index (χ4v) is 2.87. The normalized spacial score (nSPS) is 18.1. The standard InChI is InChI=1S/C17H19NO/c1-2-5-17-16-8-3-7-14(15(16)9-11-19-17)13-6-4-10-18-12-13/h3-4,6-8,10,12,17H,2,5,9,11H2,1H3/t17-/m0/s1. The van der Waals surface area contributed by atoms with E-state index in [1.54, 1.807) is 0 Å². The van der Waals surface area contributed by atoms with Crippen molar-refractivity contribution < 1.29 is 4.74 Å². The number of pyridine rings is 1. The molecule has 1 aromatic carbocycles. The van der Waals surface area contributed by atoms with Gasteiger partial charge < -0.3 is 4.74 Å². The molecule has 0 spiro atoms. The van der Waals surface area contributed by atoms with Gasteiger partial charge in [-0.05, 0) is 35.6 Å². The second-order valence-corrected chi connectivity index (χ2v) is 5.01. The van der Waals surface area contributed by atoms with Crippen LogP contribution in [-0.2, 0) is 11.2 Å². The summed E-state index contributed by atoms with van der Waals surface area (Å²) in [5.41, 5.74) is 5.33. The minimum Gasteiger partial charge on any atom is -0.373 e. The summed E-state index contributed by atoms with van der Waals surface area (Å²) in [5, 5.41) is 0. The topological polar surface area (TPSA) is 22.1 Å². The first-order valence-electron chi connectivity index (χ1n) is 7.04. The molecule has 0 fully saturated rings. The monoisotopic (exact) mass is 253 g/mol. The Bertz CT molecular complexity index is 550. The number of hydrogen-bond donors (Lipinski definition) is 0. The van der Waals surface area contributed by atoms with Crippen molar-refractivity contribution in [1.82, 2.24) is 4.98 Å². The van der Waals surface area contributed by atoms with E-state index in [0.717, 1.165) is 25.9 Å². The highest BCUT2D eigenvalue weighted by Crippen LogP contribution is 2.36. The van der Waals surface area contributed by atoms with Crippen molar-refractivity contribution in [2.24, 2.45) is 0 Å². The lowest BCUT2D eigenvalue weighted by atomic mass is 9.89. The minimum absolute atomic E-state index is 0.269.